The molecule has 0 fully saturated rings. The number of hydrogen-bond donors (Lipinski definition) is 2. The van der Waals surface area contributed by atoms with Crippen LogP contribution in [-0.2, 0) is 4.79 Å². The molecule has 102 valence electrons. The van der Waals surface area contributed by atoms with Gasteiger partial charge >= 0.3 is 0 Å². The van der Waals surface area contributed by atoms with Gasteiger partial charge in [-0.25, -0.2) is 0 Å². The monoisotopic (exact) mass is 243 g/mol. The molecular weight excluding hydrogens is 214 g/mol. The fourth-order valence-corrected chi connectivity index (χ4v) is 1.60. The Balaban J connectivity index is 4.18. The molecule has 0 rings (SSSR count). The molecule has 0 spiro atoms. The normalized spacial score (nSPS) is 15.8. The van der Waals surface area contributed by atoms with Gasteiger partial charge in [0.15, 0.2) is 0 Å². The van der Waals surface area contributed by atoms with E-state index in [1.54, 1.807) is 0 Å². The molecule has 0 aromatic rings. The minimum absolute atomic E-state index is 0.0793. The first kappa shape index (κ1) is 16.4. The van der Waals surface area contributed by atoms with Gasteiger partial charge in [0, 0.05) is 19.1 Å². The molecule has 0 radical (unpaired) electrons. The average molecular weight is 243 g/mol. The Morgan fingerprint density at radius 1 is 1.35 bits per heavy atom. The maximum atomic E-state index is 12.0. The fourth-order valence-electron chi connectivity index (χ4n) is 1.60. The van der Waals surface area contributed by atoms with Gasteiger partial charge in [0.1, 0.15) is 0 Å². The average Bonchev–Trinajstić information content (AvgIpc) is 2.20. The van der Waals surface area contributed by atoms with Gasteiger partial charge in [0.25, 0.3) is 0 Å². The molecule has 0 saturated heterocycles. The van der Waals surface area contributed by atoms with Crippen LogP contribution in [0.5, 0.6) is 0 Å². The third-order valence-electron chi connectivity index (χ3n) is 2.97. The number of likely N-dealkylation sites (N-methyl/N-ethyl adjacent to an activating group) is 1. The van der Waals surface area contributed by atoms with Crippen molar-refractivity contribution in [3.63, 3.8) is 0 Å². The van der Waals surface area contributed by atoms with Crippen LogP contribution in [0, 0.1) is 11.3 Å². The van der Waals surface area contributed by atoms with E-state index in [0.717, 1.165) is 6.42 Å². The van der Waals surface area contributed by atoms with Crippen molar-refractivity contribution in [3.05, 3.63) is 0 Å². The van der Waals surface area contributed by atoms with Gasteiger partial charge in [-0.15, -0.1) is 0 Å². The van der Waals surface area contributed by atoms with E-state index in [2.05, 4.69) is 37.9 Å². The zero-order chi connectivity index (χ0) is 13.6. The van der Waals surface area contributed by atoms with Gasteiger partial charge in [-0.2, -0.15) is 0 Å². The second-order valence-electron chi connectivity index (χ2n) is 6.26. The van der Waals surface area contributed by atoms with Crippen molar-refractivity contribution < 1.29 is 4.79 Å². The van der Waals surface area contributed by atoms with E-state index < -0.39 is 0 Å². The van der Waals surface area contributed by atoms with Crippen molar-refractivity contribution in [3.8, 4) is 0 Å². The van der Waals surface area contributed by atoms with Crippen LogP contribution < -0.4 is 11.1 Å². The predicted octanol–water partition coefficient (Wildman–Crippen LogP) is 1.06. The first-order valence-corrected chi connectivity index (χ1v) is 6.31. The first-order chi connectivity index (χ1) is 7.67. The lowest BCUT2D eigenvalue weighted by Crippen LogP contribution is -2.43. The molecule has 0 aliphatic carbocycles. The van der Waals surface area contributed by atoms with E-state index in [-0.39, 0.29) is 17.2 Å². The summed E-state index contributed by atoms with van der Waals surface area (Å²) in [5.74, 6) is 0.000451. The molecule has 2 atom stereocenters. The predicted molar refractivity (Wildman–Crippen MR) is 72.8 cm³/mol. The Morgan fingerprint density at radius 2 is 1.88 bits per heavy atom. The number of nitrogens with zero attached hydrogens (tertiary/aromatic N) is 1. The summed E-state index contributed by atoms with van der Waals surface area (Å²) in [4.78, 5) is 14.1. The number of nitrogens with two attached hydrogens (primary N) is 1. The lowest BCUT2D eigenvalue weighted by Gasteiger charge is -2.26. The minimum atomic E-state index is -0.0793. The highest BCUT2D eigenvalue weighted by Gasteiger charge is 2.23. The Labute approximate surface area is 106 Å². The van der Waals surface area contributed by atoms with Gasteiger partial charge < -0.3 is 16.0 Å². The molecule has 0 aliphatic heterocycles. The van der Waals surface area contributed by atoms with Gasteiger partial charge in [-0.1, -0.05) is 20.8 Å². The molecule has 0 aromatic heterocycles. The quantitative estimate of drug-likeness (QED) is 0.733. The topological polar surface area (TPSA) is 58.4 Å². The van der Waals surface area contributed by atoms with E-state index in [4.69, 9.17) is 5.73 Å². The van der Waals surface area contributed by atoms with Crippen LogP contribution >= 0.6 is 0 Å². The van der Waals surface area contributed by atoms with E-state index in [1.807, 2.05) is 14.1 Å². The molecule has 0 aromatic carbocycles. The van der Waals surface area contributed by atoms with Crippen LogP contribution in [0.2, 0.25) is 0 Å². The van der Waals surface area contributed by atoms with E-state index in [9.17, 15) is 4.79 Å². The van der Waals surface area contributed by atoms with Gasteiger partial charge in [0.05, 0.1) is 5.92 Å². The largest absolute Gasteiger partial charge is 0.354 e. The van der Waals surface area contributed by atoms with Crippen molar-refractivity contribution in [1.29, 1.82) is 0 Å². The molecule has 3 N–H and O–H groups in total. The first-order valence-electron chi connectivity index (χ1n) is 6.31. The highest BCUT2D eigenvalue weighted by molar-refractivity contribution is 5.78. The Hall–Kier alpha value is -0.610. The van der Waals surface area contributed by atoms with E-state index >= 15 is 0 Å². The summed E-state index contributed by atoms with van der Waals surface area (Å²) < 4.78 is 0. The Bertz CT molecular complexity index is 233. The van der Waals surface area contributed by atoms with Crippen LogP contribution in [0.25, 0.3) is 0 Å². The summed E-state index contributed by atoms with van der Waals surface area (Å²) in [7, 11) is 4.01. The zero-order valence-electron chi connectivity index (χ0n) is 12.2. The molecule has 2 unspecified atom stereocenters. The third kappa shape index (κ3) is 7.34. The lowest BCUT2D eigenvalue weighted by molar-refractivity contribution is -0.125. The maximum Gasteiger partial charge on any atom is 0.224 e. The lowest BCUT2D eigenvalue weighted by atomic mass is 9.84. The van der Waals surface area contributed by atoms with Crippen molar-refractivity contribution in [1.82, 2.24) is 10.2 Å². The third-order valence-corrected chi connectivity index (χ3v) is 2.97. The molecule has 0 heterocycles. The standard InChI is InChI=1S/C13H29N3O/c1-10(16(5)6)9-15-12(17)11(8-14)7-13(2,3)4/h10-11H,7-9,14H2,1-6H3,(H,15,17). The second-order valence-corrected chi connectivity index (χ2v) is 6.26. The van der Waals surface area contributed by atoms with Gasteiger partial charge in [-0.3, -0.25) is 4.79 Å². The molecular formula is C13H29N3O. The van der Waals surface area contributed by atoms with Gasteiger partial charge in [-0.05, 0) is 32.9 Å². The summed E-state index contributed by atoms with van der Waals surface area (Å²) in [6.45, 7) is 9.57. The van der Waals surface area contributed by atoms with Crippen molar-refractivity contribution in [2.75, 3.05) is 27.2 Å². The smallest absolute Gasteiger partial charge is 0.224 e. The number of carbonyl (C=O) groups excluding carboxylic acids is 1. The second kappa shape index (κ2) is 6.97. The number of amides is 1. The number of nitrogens with one attached hydrogen (secondary N) is 1. The summed E-state index contributed by atoms with van der Waals surface area (Å²) in [6, 6.07) is 0.340. The maximum absolute atomic E-state index is 12.0. The van der Waals surface area contributed by atoms with Crippen molar-refractivity contribution in [2.24, 2.45) is 17.1 Å². The van der Waals surface area contributed by atoms with Crippen LogP contribution in [0.3, 0.4) is 0 Å². The van der Waals surface area contributed by atoms with Crippen LogP contribution in [0.4, 0.5) is 0 Å². The van der Waals surface area contributed by atoms with E-state index in [0.29, 0.717) is 19.1 Å². The Kier molecular flexibility index (Phi) is 6.72. The minimum Gasteiger partial charge on any atom is -0.354 e. The van der Waals surface area contributed by atoms with E-state index in [1.165, 1.54) is 0 Å². The highest BCUT2D eigenvalue weighted by Crippen LogP contribution is 2.23. The highest BCUT2D eigenvalue weighted by atomic mass is 16.1. The van der Waals surface area contributed by atoms with Gasteiger partial charge in [0.2, 0.25) is 5.91 Å². The zero-order valence-corrected chi connectivity index (χ0v) is 12.2. The Morgan fingerprint density at radius 3 is 2.24 bits per heavy atom. The number of rotatable bonds is 6. The van der Waals surface area contributed by atoms with Crippen LogP contribution in [-0.4, -0.2) is 44.0 Å². The molecule has 0 saturated carbocycles. The summed E-state index contributed by atoms with van der Waals surface area (Å²) >= 11 is 0. The summed E-state index contributed by atoms with van der Waals surface area (Å²) in [5.41, 5.74) is 5.81. The molecule has 4 nitrogen and oxygen atoms in total. The number of carbonyl (C=O) groups is 1. The molecule has 17 heavy (non-hydrogen) atoms. The van der Waals surface area contributed by atoms with Crippen molar-refractivity contribution >= 4 is 5.91 Å². The SMILES string of the molecule is CC(CNC(=O)C(CN)CC(C)(C)C)N(C)C. The fraction of sp³-hybridized carbons (Fsp3) is 0.923. The summed E-state index contributed by atoms with van der Waals surface area (Å²) in [6.07, 6.45) is 0.825. The molecule has 1 amide bonds. The van der Waals surface area contributed by atoms with Crippen LogP contribution in [0.1, 0.15) is 34.1 Å². The number of hydrogen-bond acceptors (Lipinski definition) is 3. The molecule has 0 aliphatic rings. The summed E-state index contributed by atoms with van der Waals surface area (Å²) in [5, 5.41) is 2.98. The molecule has 0 bridgehead atoms. The molecule has 4 heteroatoms. The van der Waals surface area contributed by atoms with Crippen molar-refractivity contribution in [2.45, 2.75) is 40.2 Å². The van der Waals surface area contributed by atoms with Crippen LogP contribution in [0.15, 0.2) is 0 Å².